The van der Waals surface area contributed by atoms with Gasteiger partial charge in [-0.25, -0.2) is 4.79 Å². The highest BCUT2D eigenvalue weighted by Gasteiger charge is 2.34. The SMILES string of the molecule is COC(=O)C(C)(O)c1cc(C)ccc1C. The summed E-state index contributed by atoms with van der Waals surface area (Å²) < 4.78 is 4.58. The van der Waals surface area contributed by atoms with Gasteiger partial charge >= 0.3 is 5.97 Å². The van der Waals surface area contributed by atoms with Gasteiger partial charge in [0.25, 0.3) is 0 Å². The van der Waals surface area contributed by atoms with Gasteiger partial charge < -0.3 is 9.84 Å². The molecule has 1 rings (SSSR count). The Kier molecular flexibility index (Phi) is 3.15. The van der Waals surface area contributed by atoms with Crippen molar-refractivity contribution in [3.63, 3.8) is 0 Å². The number of benzene rings is 1. The summed E-state index contributed by atoms with van der Waals surface area (Å²) >= 11 is 0. The zero-order valence-electron chi connectivity index (χ0n) is 9.50. The van der Waals surface area contributed by atoms with Crippen LogP contribution in [0.5, 0.6) is 0 Å². The number of hydrogen-bond acceptors (Lipinski definition) is 3. The first-order valence-electron chi connectivity index (χ1n) is 4.78. The lowest BCUT2D eigenvalue weighted by Gasteiger charge is -2.23. The van der Waals surface area contributed by atoms with Crippen molar-refractivity contribution in [3.8, 4) is 0 Å². The van der Waals surface area contributed by atoms with E-state index in [0.29, 0.717) is 5.56 Å². The van der Waals surface area contributed by atoms with Crippen LogP contribution in [0.1, 0.15) is 23.6 Å². The Labute approximate surface area is 89.7 Å². The first kappa shape index (κ1) is 11.7. The lowest BCUT2D eigenvalue weighted by atomic mass is 9.91. The van der Waals surface area contributed by atoms with Crippen LogP contribution in [0.15, 0.2) is 18.2 Å². The Balaban J connectivity index is 3.25. The van der Waals surface area contributed by atoms with Crippen LogP contribution in [0.2, 0.25) is 0 Å². The molecule has 1 atom stereocenters. The lowest BCUT2D eigenvalue weighted by molar-refractivity contribution is -0.161. The predicted molar refractivity (Wildman–Crippen MR) is 57.5 cm³/mol. The molecule has 0 saturated heterocycles. The van der Waals surface area contributed by atoms with Crippen molar-refractivity contribution < 1.29 is 14.6 Å². The third kappa shape index (κ3) is 2.18. The zero-order chi connectivity index (χ0) is 11.6. The molecule has 0 aliphatic heterocycles. The Morgan fingerprint density at radius 1 is 1.40 bits per heavy atom. The number of carbonyl (C=O) groups is 1. The minimum atomic E-state index is -1.58. The number of rotatable bonds is 2. The van der Waals surface area contributed by atoms with E-state index in [1.54, 1.807) is 6.07 Å². The molecule has 15 heavy (non-hydrogen) atoms. The van der Waals surface area contributed by atoms with Gasteiger partial charge in [0, 0.05) is 0 Å². The Hall–Kier alpha value is -1.35. The molecule has 0 aliphatic rings. The number of aryl methyl sites for hydroxylation is 2. The molecule has 1 unspecified atom stereocenters. The molecule has 1 N–H and O–H groups in total. The van der Waals surface area contributed by atoms with Gasteiger partial charge in [-0.15, -0.1) is 0 Å². The number of hydrogen-bond donors (Lipinski definition) is 1. The van der Waals surface area contributed by atoms with Gasteiger partial charge in [-0.2, -0.15) is 0 Å². The summed E-state index contributed by atoms with van der Waals surface area (Å²) in [5.74, 6) is -0.642. The molecular weight excluding hydrogens is 192 g/mol. The van der Waals surface area contributed by atoms with Crippen LogP contribution in [-0.4, -0.2) is 18.2 Å². The smallest absolute Gasteiger partial charge is 0.342 e. The summed E-state index contributed by atoms with van der Waals surface area (Å²) in [5, 5.41) is 10.1. The van der Waals surface area contributed by atoms with Crippen molar-refractivity contribution in [2.75, 3.05) is 7.11 Å². The summed E-state index contributed by atoms with van der Waals surface area (Å²) in [6.07, 6.45) is 0. The Morgan fingerprint density at radius 3 is 2.53 bits per heavy atom. The molecule has 1 aromatic rings. The molecule has 0 spiro atoms. The highest BCUT2D eigenvalue weighted by molar-refractivity contribution is 5.81. The predicted octanol–water partition coefficient (Wildman–Crippen LogP) is 1.68. The van der Waals surface area contributed by atoms with E-state index >= 15 is 0 Å². The average Bonchev–Trinajstić information content (AvgIpc) is 2.20. The van der Waals surface area contributed by atoms with Crippen molar-refractivity contribution in [1.82, 2.24) is 0 Å². The molecule has 0 saturated carbocycles. The molecule has 0 aliphatic carbocycles. The molecule has 0 radical (unpaired) electrons. The Morgan fingerprint density at radius 2 is 2.00 bits per heavy atom. The van der Waals surface area contributed by atoms with Gasteiger partial charge in [0.05, 0.1) is 7.11 Å². The third-order valence-corrected chi connectivity index (χ3v) is 2.50. The van der Waals surface area contributed by atoms with Crippen molar-refractivity contribution in [3.05, 3.63) is 34.9 Å². The van der Waals surface area contributed by atoms with Crippen molar-refractivity contribution >= 4 is 5.97 Å². The van der Waals surface area contributed by atoms with E-state index in [0.717, 1.165) is 11.1 Å². The molecule has 0 heterocycles. The molecular formula is C12H16O3. The fourth-order valence-corrected chi connectivity index (χ4v) is 1.57. The van der Waals surface area contributed by atoms with Crippen molar-refractivity contribution in [2.45, 2.75) is 26.4 Å². The summed E-state index contributed by atoms with van der Waals surface area (Å²) in [5.41, 5.74) is 0.885. The lowest BCUT2D eigenvalue weighted by Crippen LogP contribution is -2.34. The number of aliphatic hydroxyl groups is 1. The molecule has 3 nitrogen and oxygen atoms in total. The molecule has 0 aromatic heterocycles. The summed E-state index contributed by atoms with van der Waals surface area (Å²) in [7, 11) is 1.27. The molecule has 0 bridgehead atoms. The number of methoxy groups -OCH3 is 1. The van der Waals surface area contributed by atoms with Crippen LogP contribution in [0, 0.1) is 13.8 Å². The van der Waals surface area contributed by atoms with E-state index in [-0.39, 0.29) is 0 Å². The standard InChI is InChI=1S/C12H16O3/c1-8-5-6-9(2)10(7-8)12(3,14)11(13)15-4/h5-7,14H,1-4H3. The average molecular weight is 208 g/mol. The van der Waals surface area contributed by atoms with Crippen LogP contribution < -0.4 is 0 Å². The van der Waals surface area contributed by atoms with E-state index in [1.807, 2.05) is 26.0 Å². The Bertz CT molecular complexity index is 380. The van der Waals surface area contributed by atoms with E-state index in [2.05, 4.69) is 4.74 Å². The molecule has 82 valence electrons. The van der Waals surface area contributed by atoms with Gasteiger partial charge in [0.2, 0.25) is 0 Å². The topological polar surface area (TPSA) is 46.5 Å². The minimum Gasteiger partial charge on any atom is -0.467 e. The summed E-state index contributed by atoms with van der Waals surface area (Å²) in [6, 6.07) is 5.61. The van der Waals surface area contributed by atoms with Crippen LogP contribution in [-0.2, 0) is 15.1 Å². The fraction of sp³-hybridized carbons (Fsp3) is 0.417. The second kappa shape index (κ2) is 4.03. The monoisotopic (exact) mass is 208 g/mol. The normalized spacial score (nSPS) is 14.5. The van der Waals surface area contributed by atoms with Gasteiger partial charge in [0.15, 0.2) is 5.60 Å². The van der Waals surface area contributed by atoms with Crippen LogP contribution in [0.25, 0.3) is 0 Å². The molecule has 0 fully saturated rings. The quantitative estimate of drug-likeness (QED) is 0.752. The maximum atomic E-state index is 11.4. The minimum absolute atomic E-state index is 0.592. The number of carbonyl (C=O) groups excluding carboxylic acids is 1. The molecule has 0 amide bonds. The van der Waals surface area contributed by atoms with Crippen LogP contribution in [0.3, 0.4) is 0 Å². The van der Waals surface area contributed by atoms with Gasteiger partial charge in [-0.1, -0.05) is 23.8 Å². The maximum Gasteiger partial charge on any atom is 0.342 e. The van der Waals surface area contributed by atoms with Crippen LogP contribution >= 0.6 is 0 Å². The van der Waals surface area contributed by atoms with E-state index < -0.39 is 11.6 Å². The number of esters is 1. The highest BCUT2D eigenvalue weighted by atomic mass is 16.5. The van der Waals surface area contributed by atoms with E-state index in [1.165, 1.54) is 14.0 Å². The summed E-state index contributed by atoms with van der Waals surface area (Å²) in [6.45, 7) is 5.21. The van der Waals surface area contributed by atoms with Gasteiger partial charge in [0.1, 0.15) is 0 Å². The second-order valence-electron chi connectivity index (χ2n) is 3.88. The molecule has 3 heteroatoms. The van der Waals surface area contributed by atoms with E-state index in [9.17, 15) is 9.90 Å². The van der Waals surface area contributed by atoms with Gasteiger partial charge in [-0.3, -0.25) is 0 Å². The number of ether oxygens (including phenoxy) is 1. The maximum absolute atomic E-state index is 11.4. The first-order chi connectivity index (χ1) is 6.89. The third-order valence-electron chi connectivity index (χ3n) is 2.50. The largest absolute Gasteiger partial charge is 0.467 e. The van der Waals surface area contributed by atoms with Crippen LogP contribution in [0.4, 0.5) is 0 Å². The summed E-state index contributed by atoms with van der Waals surface area (Å²) in [4.78, 5) is 11.4. The fourth-order valence-electron chi connectivity index (χ4n) is 1.57. The van der Waals surface area contributed by atoms with Crippen molar-refractivity contribution in [1.29, 1.82) is 0 Å². The van der Waals surface area contributed by atoms with Gasteiger partial charge in [-0.05, 0) is 31.9 Å². The first-order valence-corrected chi connectivity index (χ1v) is 4.78. The highest BCUT2D eigenvalue weighted by Crippen LogP contribution is 2.26. The van der Waals surface area contributed by atoms with Crippen molar-refractivity contribution in [2.24, 2.45) is 0 Å². The zero-order valence-corrected chi connectivity index (χ0v) is 9.50. The van der Waals surface area contributed by atoms with E-state index in [4.69, 9.17) is 0 Å². The second-order valence-corrected chi connectivity index (χ2v) is 3.88. The molecule has 1 aromatic carbocycles.